The van der Waals surface area contributed by atoms with Crippen LogP contribution in [-0.2, 0) is 21.4 Å². The van der Waals surface area contributed by atoms with Gasteiger partial charge >= 0.3 is 0 Å². The van der Waals surface area contributed by atoms with E-state index in [-0.39, 0.29) is 0 Å². The number of aryl methyl sites for hydroxylation is 1. The largest absolute Gasteiger partial charge is 0.381 e. The third-order valence-corrected chi connectivity index (χ3v) is 10.6. The van der Waals surface area contributed by atoms with E-state index in [1.54, 1.807) is 5.56 Å². The van der Waals surface area contributed by atoms with Crippen molar-refractivity contribution in [2.45, 2.75) is 102 Å². The number of ketones is 1. The number of hydrogen-bond donors (Lipinski definition) is 0. The fourth-order valence-corrected chi connectivity index (χ4v) is 8.33. The molecular weight excluding hydrogens is 466 g/mol. The van der Waals surface area contributed by atoms with Crippen molar-refractivity contribution in [2.24, 2.45) is 34.6 Å². The maximum atomic E-state index is 13.2. The van der Waals surface area contributed by atoms with Crippen molar-refractivity contribution in [3.8, 4) is 0 Å². The van der Waals surface area contributed by atoms with E-state index in [1.807, 2.05) is 0 Å². The third-order valence-electron chi connectivity index (χ3n) is 10.6. The van der Waals surface area contributed by atoms with Crippen molar-refractivity contribution in [1.82, 2.24) is 0 Å². The normalized spacial score (nSPS) is 31.1. The second kappa shape index (κ2) is 11.6. The van der Waals surface area contributed by atoms with Crippen LogP contribution >= 0.6 is 0 Å². The molecule has 6 rings (SSSR count). The quantitative estimate of drug-likeness (QED) is 0.329. The Morgan fingerprint density at radius 3 is 2.71 bits per heavy atom. The van der Waals surface area contributed by atoms with Gasteiger partial charge < -0.3 is 4.74 Å². The zero-order valence-electron chi connectivity index (χ0n) is 23.5. The molecule has 204 valence electrons. The predicted molar refractivity (Wildman–Crippen MR) is 155 cm³/mol. The van der Waals surface area contributed by atoms with Crippen molar-refractivity contribution in [2.75, 3.05) is 13.2 Å². The Morgan fingerprint density at radius 1 is 1.03 bits per heavy atom. The van der Waals surface area contributed by atoms with Crippen LogP contribution in [0.15, 0.2) is 52.7 Å². The molecule has 2 aliphatic heterocycles. The smallest absolute Gasteiger partial charge is 0.133 e. The molecule has 0 amide bonds. The first-order valence-corrected chi connectivity index (χ1v) is 15.7. The van der Waals surface area contributed by atoms with E-state index in [0.29, 0.717) is 41.3 Å². The predicted octanol–water partition coefficient (Wildman–Crippen LogP) is 8.17. The Bertz CT molecular complexity index is 1090. The Kier molecular flexibility index (Phi) is 8.02. The van der Waals surface area contributed by atoms with Crippen LogP contribution in [0.2, 0.25) is 0 Å². The van der Waals surface area contributed by atoms with Gasteiger partial charge in [0.25, 0.3) is 0 Å². The van der Waals surface area contributed by atoms with E-state index in [9.17, 15) is 4.79 Å². The molecule has 1 aromatic rings. The lowest BCUT2D eigenvalue weighted by molar-refractivity contribution is -0.120. The van der Waals surface area contributed by atoms with E-state index in [4.69, 9.17) is 9.73 Å². The minimum atomic E-state index is 0.362. The summed E-state index contributed by atoms with van der Waals surface area (Å²) >= 11 is 0. The van der Waals surface area contributed by atoms with Gasteiger partial charge in [0, 0.05) is 43.9 Å². The van der Waals surface area contributed by atoms with Crippen molar-refractivity contribution >= 4 is 12.0 Å². The van der Waals surface area contributed by atoms with Crippen molar-refractivity contribution in [3.63, 3.8) is 0 Å². The van der Waals surface area contributed by atoms with E-state index < -0.39 is 0 Å². The van der Waals surface area contributed by atoms with Crippen molar-refractivity contribution < 1.29 is 9.53 Å². The summed E-state index contributed by atoms with van der Waals surface area (Å²) in [7, 11) is 0. The number of benzene rings is 1. The molecule has 3 aliphatic carbocycles. The molecule has 0 aromatic heterocycles. The minimum Gasteiger partial charge on any atom is -0.381 e. The molecule has 0 spiro atoms. The number of aliphatic imine (C=N–C) groups is 1. The van der Waals surface area contributed by atoms with Crippen LogP contribution in [0.1, 0.15) is 102 Å². The Balaban J connectivity index is 1.05. The first-order chi connectivity index (χ1) is 18.6. The van der Waals surface area contributed by atoms with Crippen LogP contribution in [0.5, 0.6) is 0 Å². The number of allylic oxidation sites excluding steroid dienone is 4. The topological polar surface area (TPSA) is 38.7 Å². The second-order valence-electron chi connectivity index (χ2n) is 13.2. The fourth-order valence-electron chi connectivity index (χ4n) is 8.33. The number of carbonyl (C=O) groups is 1. The summed E-state index contributed by atoms with van der Waals surface area (Å²) in [4.78, 5) is 18.3. The van der Waals surface area contributed by atoms with Gasteiger partial charge in [-0.2, -0.15) is 0 Å². The zero-order valence-corrected chi connectivity index (χ0v) is 23.5. The summed E-state index contributed by atoms with van der Waals surface area (Å²) in [6, 6.07) is 9.04. The number of rotatable bonds is 8. The molecule has 0 N–H and O–H groups in total. The molecular formula is C35H47NO2. The fraction of sp³-hybridized carbons (Fsp3) is 0.657. The summed E-state index contributed by atoms with van der Waals surface area (Å²) < 4.78 is 5.66. The first-order valence-electron chi connectivity index (χ1n) is 15.7. The highest BCUT2D eigenvalue weighted by Gasteiger charge is 2.51. The van der Waals surface area contributed by atoms with Crippen molar-refractivity contribution in [3.05, 3.63) is 58.8 Å². The van der Waals surface area contributed by atoms with E-state index in [1.165, 1.54) is 87.5 Å². The third kappa shape index (κ3) is 5.64. The highest BCUT2D eigenvalue weighted by molar-refractivity contribution is 5.79. The molecule has 1 saturated heterocycles. The van der Waals surface area contributed by atoms with Crippen LogP contribution < -0.4 is 0 Å². The summed E-state index contributed by atoms with van der Waals surface area (Å²) in [5, 5.41) is 0. The van der Waals surface area contributed by atoms with Crippen molar-refractivity contribution in [1.29, 1.82) is 0 Å². The van der Waals surface area contributed by atoms with Crippen LogP contribution in [0.4, 0.5) is 0 Å². The minimum absolute atomic E-state index is 0.362. The Labute approximate surface area is 230 Å². The van der Waals surface area contributed by atoms with Gasteiger partial charge in [0.15, 0.2) is 0 Å². The van der Waals surface area contributed by atoms with E-state index in [0.717, 1.165) is 32.0 Å². The average molecular weight is 514 g/mol. The maximum Gasteiger partial charge on any atom is 0.133 e. The summed E-state index contributed by atoms with van der Waals surface area (Å²) in [6.07, 6.45) is 22.8. The molecule has 0 radical (unpaired) electrons. The first kappa shape index (κ1) is 26.2. The highest BCUT2D eigenvalue weighted by atomic mass is 16.5. The lowest BCUT2D eigenvalue weighted by Gasteiger charge is -2.32. The molecule has 3 unspecified atom stereocenters. The number of carbonyl (C=O) groups excluding carboxylic acids is 1. The highest BCUT2D eigenvalue weighted by Crippen LogP contribution is 2.57. The second-order valence-corrected chi connectivity index (χ2v) is 13.2. The van der Waals surface area contributed by atoms with Gasteiger partial charge in [-0.05, 0) is 110 Å². The molecule has 2 saturated carbocycles. The standard InChI is InChI=1S/C35H47NO2/c1-25-22-29-9-5-10-32(29)34(36-24-25)28-8-4-6-26(12-13-28)23-31(37)15-14-27-7-2-3-11-33(27)35(18-19-35)30-16-20-38-21-17-30/h2-3,5,7,10-11,24-26,28-30H,4,6,8-9,12-23H2,1H3/t25?,26-,28?,29?/m1/s1. The van der Waals surface area contributed by atoms with Gasteiger partial charge in [0.05, 0.1) is 0 Å². The van der Waals surface area contributed by atoms with Crippen LogP contribution in [0, 0.1) is 29.6 Å². The monoisotopic (exact) mass is 513 g/mol. The van der Waals surface area contributed by atoms with E-state index >= 15 is 0 Å². The number of ether oxygens (including phenoxy) is 1. The molecule has 3 fully saturated rings. The number of Topliss-reactive ketones (excluding diaryl/α,β-unsaturated/α-hetero) is 1. The molecule has 5 aliphatic rings. The lowest BCUT2D eigenvalue weighted by atomic mass is 9.76. The van der Waals surface area contributed by atoms with Crippen LogP contribution in [-0.4, -0.2) is 25.2 Å². The number of hydrogen-bond acceptors (Lipinski definition) is 3. The average Bonchev–Trinajstić information content (AvgIpc) is 3.70. The van der Waals surface area contributed by atoms with E-state index in [2.05, 4.69) is 49.6 Å². The number of fused-ring (bicyclic) bond motifs is 1. The zero-order chi connectivity index (χ0) is 26.0. The Hall–Kier alpha value is -2.00. The van der Waals surface area contributed by atoms with Crippen LogP contribution in [0.3, 0.4) is 0 Å². The Morgan fingerprint density at radius 2 is 1.87 bits per heavy atom. The molecule has 38 heavy (non-hydrogen) atoms. The molecule has 1 aromatic carbocycles. The number of nitrogens with zero attached hydrogens (tertiary/aromatic N) is 1. The molecule has 0 bridgehead atoms. The molecule has 4 atom stereocenters. The van der Waals surface area contributed by atoms with Gasteiger partial charge in [-0.25, -0.2) is 0 Å². The maximum absolute atomic E-state index is 13.2. The lowest BCUT2D eigenvalue weighted by Crippen LogP contribution is -2.28. The summed E-state index contributed by atoms with van der Waals surface area (Å²) in [5.74, 6) is 3.59. The van der Waals surface area contributed by atoms with Gasteiger partial charge in [-0.1, -0.05) is 56.2 Å². The summed E-state index contributed by atoms with van der Waals surface area (Å²) in [5.41, 5.74) is 6.25. The molecule has 3 heteroatoms. The van der Waals surface area contributed by atoms with Gasteiger partial charge in [-0.15, -0.1) is 0 Å². The van der Waals surface area contributed by atoms with Gasteiger partial charge in [0.2, 0.25) is 0 Å². The molecule has 2 heterocycles. The molecule has 3 nitrogen and oxygen atoms in total. The van der Waals surface area contributed by atoms with Gasteiger partial charge in [-0.3, -0.25) is 9.79 Å². The summed E-state index contributed by atoms with van der Waals surface area (Å²) in [6.45, 7) is 4.14. The SMILES string of the molecule is CC1C=NC(C2CCC[C@@H](CC(=O)CCc3ccccc3C3(C4CCOCC4)CC3)CC2)=C2C=CCC2C1. The van der Waals surface area contributed by atoms with Gasteiger partial charge in [0.1, 0.15) is 5.78 Å². The van der Waals surface area contributed by atoms with Crippen LogP contribution in [0.25, 0.3) is 0 Å².